The molecule has 0 radical (unpaired) electrons. The van der Waals surface area contributed by atoms with E-state index >= 15 is 0 Å². The van der Waals surface area contributed by atoms with Crippen LogP contribution in [0.3, 0.4) is 0 Å². The fourth-order valence-electron chi connectivity index (χ4n) is 4.49. The summed E-state index contributed by atoms with van der Waals surface area (Å²) in [5.41, 5.74) is 8.05. The fraction of sp³-hybridized carbons (Fsp3) is 0.545. The summed E-state index contributed by atoms with van der Waals surface area (Å²) in [4.78, 5) is 18.5. The van der Waals surface area contributed by atoms with Gasteiger partial charge in [-0.15, -0.1) is 10.2 Å². The zero-order valence-corrected chi connectivity index (χ0v) is 17.6. The van der Waals surface area contributed by atoms with E-state index in [1.807, 2.05) is 12.1 Å². The number of hydrogen-bond acceptors (Lipinski definition) is 8. The standard InChI is InChI=1S/C22H29N7O2/c23-19(30)18-20(24-15-1-2-15)26-21(28-27-18)25-16-3-5-17(6-4-16)29-11-7-22(8-12-29)9-13-31-14-10-22/h3-6,15H,1-2,7-14H2,(H2,23,30)(H2,24,25,26,28). The molecule has 9 heteroatoms. The minimum atomic E-state index is -0.636. The predicted octanol–water partition coefficient (Wildman–Crippen LogP) is 2.69. The molecular formula is C22H29N7O2. The lowest BCUT2D eigenvalue weighted by atomic mass is 9.72. The number of piperidine rings is 1. The number of amides is 1. The molecule has 0 bridgehead atoms. The van der Waals surface area contributed by atoms with Crippen LogP contribution in [0.1, 0.15) is 49.0 Å². The van der Waals surface area contributed by atoms with Crippen molar-refractivity contribution in [1.29, 1.82) is 0 Å². The van der Waals surface area contributed by atoms with Gasteiger partial charge < -0.3 is 26.0 Å². The Bertz CT molecular complexity index is 929. The van der Waals surface area contributed by atoms with Crippen LogP contribution in [0.4, 0.5) is 23.1 Å². The number of benzene rings is 1. The quantitative estimate of drug-likeness (QED) is 0.649. The zero-order valence-electron chi connectivity index (χ0n) is 17.6. The van der Waals surface area contributed by atoms with Crippen molar-refractivity contribution in [2.45, 2.75) is 44.6 Å². The third kappa shape index (κ3) is 4.56. The molecule has 1 aliphatic carbocycles. The lowest BCUT2D eigenvalue weighted by molar-refractivity contribution is 0.00212. The van der Waals surface area contributed by atoms with Crippen molar-refractivity contribution in [3.05, 3.63) is 30.0 Å². The first kappa shape index (κ1) is 20.0. The number of carbonyl (C=O) groups excluding carboxylic acids is 1. The van der Waals surface area contributed by atoms with E-state index in [0.29, 0.717) is 23.2 Å². The van der Waals surface area contributed by atoms with E-state index in [9.17, 15) is 4.79 Å². The van der Waals surface area contributed by atoms with Gasteiger partial charge in [-0.2, -0.15) is 4.98 Å². The van der Waals surface area contributed by atoms with Gasteiger partial charge in [-0.3, -0.25) is 4.79 Å². The molecule has 0 unspecified atom stereocenters. The summed E-state index contributed by atoms with van der Waals surface area (Å²) in [7, 11) is 0. The molecule has 1 saturated carbocycles. The first-order valence-corrected chi connectivity index (χ1v) is 11.1. The van der Waals surface area contributed by atoms with E-state index in [-0.39, 0.29) is 5.69 Å². The zero-order chi connectivity index (χ0) is 21.3. The number of hydrogen-bond donors (Lipinski definition) is 3. The van der Waals surface area contributed by atoms with Gasteiger partial charge in [-0.1, -0.05) is 0 Å². The molecule has 1 aromatic heterocycles. The van der Waals surface area contributed by atoms with E-state index in [0.717, 1.165) is 44.8 Å². The Morgan fingerprint density at radius 2 is 1.77 bits per heavy atom. The summed E-state index contributed by atoms with van der Waals surface area (Å²) in [6, 6.07) is 8.62. The molecule has 3 aliphatic rings. The van der Waals surface area contributed by atoms with E-state index in [1.165, 1.54) is 31.4 Å². The molecular weight excluding hydrogens is 394 g/mol. The first-order chi connectivity index (χ1) is 15.1. The van der Waals surface area contributed by atoms with Crippen molar-refractivity contribution < 1.29 is 9.53 Å². The third-order valence-corrected chi connectivity index (χ3v) is 6.70. The number of carbonyl (C=O) groups is 1. The molecule has 0 atom stereocenters. The number of nitrogens with one attached hydrogen (secondary N) is 2. The van der Waals surface area contributed by atoms with Crippen LogP contribution in [0.5, 0.6) is 0 Å². The highest BCUT2D eigenvalue weighted by Gasteiger charge is 2.36. The molecule has 1 amide bonds. The maximum atomic E-state index is 11.6. The van der Waals surface area contributed by atoms with Crippen LogP contribution < -0.4 is 21.3 Å². The summed E-state index contributed by atoms with van der Waals surface area (Å²) < 4.78 is 5.56. The van der Waals surface area contributed by atoms with Crippen molar-refractivity contribution >= 4 is 29.0 Å². The van der Waals surface area contributed by atoms with Gasteiger partial charge in [0.05, 0.1) is 0 Å². The maximum absolute atomic E-state index is 11.6. The summed E-state index contributed by atoms with van der Waals surface area (Å²) >= 11 is 0. The number of ether oxygens (including phenoxy) is 1. The molecule has 2 saturated heterocycles. The molecule has 3 heterocycles. The number of primary amides is 1. The average molecular weight is 424 g/mol. The Morgan fingerprint density at radius 3 is 2.42 bits per heavy atom. The molecule has 1 spiro atoms. The summed E-state index contributed by atoms with van der Waals surface area (Å²) in [5.74, 6) is 0.0860. The number of rotatable bonds is 6. The van der Waals surface area contributed by atoms with E-state index < -0.39 is 5.91 Å². The van der Waals surface area contributed by atoms with Gasteiger partial charge in [-0.05, 0) is 68.2 Å². The second kappa shape index (κ2) is 8.30. The molecule has 164 valence electrons. The molecule has 2 aliphatic heterocycles. The number of nitrogens with zero attached hydrogens (tertiary/aromatic N) is 4. The Labute approximate surface area is 181 Å². The van der Waals surface area contributed by atoms with Gasteiger partial charge in [-0.25, -0.2) is 0 Å². The average Bonchev–Trinajstić information content (AvgIpc) is 3.60. The van der Waals surface area contributed by atoms with Crippen LogP contribution in [0.15, 0.2) is 24.3 Å². The van der Waals surface area contributed by atoms with E-state index in [1.54, 1.807) is 0 Å². The molecule has 4 N–H and O–H groups in total. The van der Waals surface area contributed by atoms with Crippen LogP contribution >= 0.6 is 0 Å². The number of anilines is 4. The van der Waals surface area contributed by atoms with Crippen LogP contribution in [0.25, 0.3) is 0 Å². The summed E-state index contributed by atoms with van der Waals surface area (Å²) in [6.07, 6.45) is 6.97. The van der Waals surface area contributed by atoms with Crippen molar-refractivity contribution in [3.63, 3.8) is 0 Å². The van der Waals surface area contributed by atoms with Gasteiger partial charge in [0.2, 0.25) is 5.95 Å². The minimum absolute atomic E-state index is 0.0696. The van der Waals surface area contributed by atoms with E-state index in [2.05, 4.69) is 42.8 Å². The van der Waals surface area contributed by atoms with Crippen LogP contribution in [-0.2, 0) is 4.74 Å². The van der Waals surface area contributed by atoms with Crippen molar-refractivity contribution in [2.75, 3.05) is 41.8 Å². The number of aromatic nitrogens is 3. The lowest BCUT2D eigenvalue weighted by Gasteiger charge is -2.44. The third-order valence-electron chi connectivity index (χ3n) is 6.70. The van der Waals surface area contributed by atoms with Gasteiger partial charge in [0.1, 0.15) is 0 Å². The van der Waals surface area contributed by atoms with Crippen molar-refractivity contribution in [3.8, 4) is 0 Å². The minimum Gasteiger partial charge on any atom is -0.381 e. The SMILES string of the molecule is NC(=O)c1nnc(Nc2ccc(N3CCC4(CCOCC4)CC3)cc2)nc1NC1CC1. The van der Waals surface area contributed by atoms with Gasteiger partial charge in [0.25, 0.3) is 5.91 Å². The van der Waals surface area contributed by atoms with Gasteiger partial charge in [0.15, 0.2) is 11.5 Å². The molecule has 1 aromatic carbocycles. The molecule has 2 aromatic rings. The Balaban J connectivity index is 1.23. The van der Waals surface area contributed by atoms with Gasteiger partial charge in [0, 0.05) is 43.7 Å². The second-order valence-electron chi connectivity index (χ2n) is 8.89. The number of nitrogens with two attached hydrogens (primary N) is 1. The molecule has 31 heavy (non-hydrogen) atoms. The smallest absolute Gasteiger partial charge is 0.273 e. The first-order valence-electron chi connectivity index (χ1n) is 11.1. The Morgan fingerprint density at radius 1 is 1.06 bits per heavy atom. The highest BCUT2D eigenvalue weighted by Crippen LogP contribution is 2.41. The highest BCUT2D eigenvalue weighted by atomic mass is 16.5. The van der Waals surface area contributed by atoms with E-state index in [4.69, 9.17) is 10.5 Å². The predicted molar refractivity (Wildman–Crippen MR) is 119 cm³/mol. The summed E-state index contributed by atoms with van der Waals surface area (Å²) in [6.45, 7) is 4.00. The molecule has 5 rings (SSSR count). The van der Waals surface area contributed by atoms with Crippen LogP contribution in [0.2, 0.25) is 0 Å². The topological polar surface area (TPSA) is 118 Å². The lowest BCUT2D eigenvalue weighted by Crippen LogP contribution is -2.42. The van der Waals surface area contributed by atoms with Crippen molar-refractivity contribution in [2.24, 2.45) is 11.1 Å². The van der Waals surface area contributed by atoms with Gasteiger partial charge >= 0.3 is 0 Å². The fourth-order valence-corrected chi connectivity index (χ4v) is 4.49. The normalized spacial score (nSPS) is 20.5. The Hall–Kier alpha value is -2.94. The second-order valence-corrected chi connectivity index (χ2v) is 8.89. The largest absolute Gasteiger partial charge is 0.381 e. The van der Waals surface area contributed by atoms with Crippen molar-refractivity contribution in [1.82, 2.24) is 15.2 Å². The highest BCUT2D eigenvalue weighted by molar-refractivity contribution is 5.95. The maximum Gasteiger partial charge on any atom is 0.273 e. The van der Waals surface area contributed by atoms with Crippen LogP contribution in [-0.4, -0.2) is 53.4 Å². The molecule has 3 fully saturated rings. The van der Waals surface area contributed by atoms with Crippen LogP contribution in [0, 0.1) is 5.41 Å². The monoisotopic (exact) mass is 423 g/mol. The Kier molecular flexibility index (Phi) is 5.35. The summed E-state index contributed by atoms with van der Waals surface area (Å²) in [5, 5.41) is 14.3. The molecule has 9 nitrogen and oxygen atoms in total.